The minimum Gasteiger partial charge on any atom is -0.398 e. The topological polar surface area (TPSA) is 31.4 Å². The van der Waals surface area contributed by atoms with Crippen molar-refractivity contribution in [2.45, 2.75) is 45.8 Å². The molecule has 1 fully saturated rings. The van der Waals surface area contributed by atoms with Gasteiger partial charge in [0.1, 0.15) is 0 Å². The van der Waals surface area contributed by atoms with Crippen LogP contribution in [0.1, 0.15) is 33.3 Å². The van der Waals surface area contributed by atoms with Crippen LogP contribution in [-0.4, -0.2) is 23.3 Å². The van der Waals surface area contributed by atoms with E-state index in [-0.39, 0.29) is 11.2 Å². The summed E-state index contributed by atoms with van der Waals surface area (Å²) in [7, 11) is -0.422. The lowest BCUT2D eigenvalue weighted by atomic mass is 9.82. The van der Waals surface area contributed by atoms with Gasteiger partial charge in [0.05, 0.1) is 16.8 Å². The molecule has 0 aliphatic carbocycles. The average molecular weight is 295 g/mol. The van der Waals surface area contributed by atoms with Gasteiger partial charge in [-0.3, -0.25) is 4.98 Å². The molecule has 4 heteroatoms. The van der Waals surface area contributed by atoms with Crippen molar-refractivity contribution in [2.75, 3.05) is 0 Å². The molecule has 1 aromatic carbocycles. The van der Waals surface area contributed by atoms with Crippen molar-refractivity contribution in [1.29, 1.82) is 0 Å². The standard InChI is InChI=1S/C18H22BNO2/c1-13-8-6-7-9-15(13)14-10-11-20-16(12-14)19-21-17(2,3)18(4,5)22-19/h6-12H,1-5H3. The van der Waals surface area contributed by atoms with Crippen molar-refractivity contribution in [3.63, 3.8) is 0 Å². The maximum absolute atomic E-state index is 6.09. The summed E-state index contributed by atoms with van der Waals surface area (Å²) in [5.74, 6) is 0. The highest BCUT2D eigenvalue weighted by Crippen LogP contribution is 2.36. The highest BCUT2D eigenvalue weighted by Gasteiger charge is 2.52. The van der Waals surface area contributed by atoms with Gasteiger partial charge in [-0.15, -0.1) is 0 Å². The summed E-state index contributed by atoms with van der Waals surface area (Å²) in [5, 5.41) is 0. The number of hydrogen-bond acceptors (Lipinski definition) is 3. The third kappa shape index (κ3) is 2.57. The maximum Gasteiger partial charge on any atom is 0.514 e. The number of pyridine rings is 1. The van der Waals surface area contributed by atoms with Crippen LogP contribution in [0.2, 0.25) is 0 Å². The fourth-order valence-electron chi connectivity index (χ4n) is 2.61. The molecule has 0 N–H and O–H groups in total. The number of aryl methyl sites for hydroxylation is 1. The largest absolute Gasteiger partial charge is 0.514 e. The normalized spacial score (nSPS) is 19.4. The molecular weight excluding hydrogens is 273 g/mol. The SMILES string of the molecule is Cc1ccccc1-c1ccnc(B2OC(C)(C)C(C)(C)O2)c1. The predicted octanol–water partition coefficient (Wildman–Crippen LogP) is 3.36. The van der Waals surface area contributed by atoms with Gasteiger partial charge in [-0.2, -0.15) is 0 Å². The van der Waals surface area contributed by atoms with Crippen LogP contribution in [0.25, 0.3) is 11.1 Å². The molecule has 22 heavy (non-hydrogen) atoms. The number of benzene rings is 1. The average Bonchev–Trinajstić information content (AvgIpc) is 2.68. The molecule has 0 unspecified atom stereocenters. The highest BCUT2D eigenvalue weighted by molar-refractivity contribution is 6.61. The number of nitrogens with zero attached hydrogens (tertiary/aromatic N) is 1. The Labute approximate surface area is 132 Å². The first-order valence-electron chi connectivity index (χ1n) is 7.68. The number of rotatable bonds is 2. The van der Waals surface area contributed by atoms with Crippen molar-refractivity contribution >= 4 is 12.7 Å². The van der Waals surface area contributed by atoms with Crippen LogP contribution in [-0.2, 0) is 9.31 Å². The summed E-state index contributed by atoms with van der Waals surface area (Å²) in [4.78, 5) is 4.46. The molecule has 0 radical (unpaired) electrons. The summed E-state index contributed by atoms with van der Waals surface area (Å²) in [6.45, 7) is 10.3. The minimum absolute atomic E-state index is 0.349. The molecule has 1 aliphatic heterocycles. The molecule has 2 aromatic rings. The zero-order chi connectivity index (χ0) is 16.0. The van der Waals surface area contributed by atoms with Gasteiger partial charge in [0.15, 0.2) is 0 Å². The molecule has 114 valence electrons. The first-order chi connectivity index (χ1) is 10.3. The third-order valence-electron chi connectivity index (χ3n) is 4.73. The van der Waals surface area contributed by atoms with Crippen LogP contribution in [0.5, 0.6) is 0 Å². The van der Waals surface area contributed by atoms with Crippen LogP contribution < -0.4 is 5.59 Å². The minimum atomic E-state index is -0.422. The molecule has 0 atom stereocenters. The fraction of sp³-hybridized carbons (Fsp3) is 0.389. The van der Waals surface area contributed by atoms with E-state index in [0.717, 1.165) is 11.2 Å². The lowest BCUT2D eigenvalue weighted by molar-refractivity contribution is 0.00578. The first kappa shape index (κ1) is 15.3. The van der Waals surface area contributed by atoms with Gasteiger partial charge in [-0.1, -0.05) is 24.3 Å². The molecule has 0 amide bonds. The molecule has 1 saturated heterocycles. The molecular formula is C18H22BNO2. The van der Waals surface area contributed by atoms with E-state index in [0.29, 0.717) is 0 Å². The third-order valence-corrected chi connectivity index (χ3v) is 4.73. The molecule has 1 aromatic heterocycles. The summed E-state index contributed by atoms with van der Waals surface area (Å²) >= 11 is 0. The van der Waals surface area contributed by atoms with Crippen molar-refractivity contribution < 1.29 is 9.31 Å². The van der Waals surface area contributed by atoms with Crippen LogP contribution >= 0.6 is 0 Å². The van der Waals surface area contributed by atoms with Gasteiger partial charge in [-0.25, -0.2) is 0 Å². The van der Waals surface area contributed by atoms with Crippen molar-refractivity contribution in [3.8, 4) is 11.1 Å². The first-order valence-corrected chi connectivity index (χ1v) is 7.68. The molecule has 2 heterocycles. The van der Waals surface area contributed by atoms with E-state index in [4.69, 9.17) is 9.31 Å². The molecule has 0 spiro atoms. The van der Waals surface area contributed by atoms with Crippen LogP contribution in [0, 0.1) is 6.92 Å². The Hall–Kier alpha value is -1.65. The summed E-state index contributed by atoms with van der Waals surface area (Å²) in [6.07, 6.45) is 1.82. The summed E-state index contributed by atoms with van der Waals surface area (Å²) < 4.78 is 12.2. The summed E-state index contributed by atoms with van der Waals surface area (Å²) in [6, 6.07) is 12.4. The quantitative estimate of drug-likeness (QED) is 0.796. The molecule has 0 saturated carbocycles. The van der Waals surface area contributed by atoms with E-state index in [1.54, 1.807) is 0 Å². The lowest BCUT2D eigenvalue weighted by Gasteiger charge is -2.32. The second-order valence-corrected chi connectivity index (χ2v) is 6.87. The molecule has 0 bridgehead atoms. The second-order valence-electron chi connectivity index (χ2n) is 6.87. The Morgan fingerprint density at radius 1 is 0.955 bits per heavy atom. The van der Waals surface area contributed by atoms with Gasteiger partial charge < -0.3 is 9.31 Å². The summed E-state index contributed by atoms with van der Waals surface area (Å²) in [5.41, 5.74) is 3.71. The van der Waals surface area contributed by atoms with E-state index in [9.17, 15) is 0 Å². The fourth-order valence-corrected chi connectivity index (χ4v) is 2.61. The monoisotopic (exact) mass is 295 g/mol. The van der Waals surface area contributed by atoms with Crippen LogP contribution in [0.3, 0.4) is 0 Å². The van der Waals surface area contributed by atoms with E-state index in [1.807, 2.05) is 12.3 Å². The molecule has 3 rings (SSSR count). The van der Waals surface area contributed by atoms with E-state index < -0.39 is 7.12 Å². The molecule has 1 aliphatic rings. The smallest absolute Gasteiger partial charge is 0.398 e. The zero-order valence-electron chi connectivity index (χ0n) is 13.9. The Kier molecular flexibility index (Phi) is 3.62. The predicted molar refractivity (Wildman–Crippen MR) is 90.1 cm³/mol. The lowest BCUT2D eigenvalue weighted by Crippen LogP contribution is -2.41. The van der Waals surface area contributed by atoms with Crippen molar-refractivity contribution in [1.82, 2.24) is 4.98 Å². The Morgan fingerprint density at radius 3 is 2.23 bits per heavy atom. The highest BCUT2D eigenvalue weighted by atomic mass is 16.7. The van der Waals surface area contributed by atoms with Gasteiger partial charge in [0.25, 0.3) is 0 Å². The molecule has 3 nitrogen and oxygen atoms in total. The van der Waals surface area contributed by atoms with Crippen LogP contribution in [0.4, 0.5) is 0 Å². The Bertz CT molecular complexity index is 681. The number of aromatic nitrogens is 1. The van der Waals surface area contributed by atoms with E-state index >= 15 is 0 Å². The number of hydrogen-bond donors (Lipinski definition) is 0. The Morgan fingerprint density at radius 2 is 1.59 bits per heavy atom. The van der Waals surface area contributed by atoms with Crippen LogP contribution in [0.15, 0.2) is 42.6 Å². The van der Waals surface area contributed by atoms with Crippen molar-refractivity contribution in [3.05, 3.63) is 48.2 Å². The van der Waals surface area contributed by atoms with Gasteiger partial charge in [-0.05, 0) is 63.4 Å². The van der Waals surface area contributed by atoms with Gasteiger partial charge >= 0.3 is 7.12 Å². The van der Waals surface area contributed by atoms with Gasteiger partial charge in [0.2, 0.25) is 0 Å². The maximum atomic E-state index is 6.09. The van der Waals surface area contributed by atoms with E-state index in [2.05, 4.69) is 69.9 Å². The van der Waals surface area contributed by atoms with Gasteiger partial charge in [0, 0.05) is 6.20 Å². The van der Waals surface area contributed by atoms with Crippen molar-refractivity contribution in [2.24, 2.45) is 0 Å². The zero-order valence-corrected chi connectivity index (χ0v) is 13.9. The second kappa shape index (κ2) is 5.22. The van der Waals surface area contributed by atoms with E-state index in [1.165, 1.54) is 11.1 Å². The Balaban J connectivity index is 1.95.